The van der Waals surface area contributed by atoms with Crippen molar-refractivity contribution >= 4 is 29.0 Å². The standard InChI is InChI=1S/C24H25ClN4O2/c1-16-4-3-5-18(14-16)21-7-9-23(28-27-21)29-12-10-17(11-13-29)24(30)26-19-6-8-22(31-2)20(25)15-19/h3-9,14-15,17H,10-13H2,1-2H3,(H,26,30). The summed E-state index contributed by atoms with van der Waals surface area (Å²) in [4.78, 5) is 14.9. The molecule has 0 unspecified atom stereocenters. The van der Waals surface area contributed by atoms with Crippen LogP contribution in [-0.2, 0) is 4.79 Å². The van der Waals surface area contributed by atoms with E-state index in [0.717, 1.165) is 43.0 Å². The van der Waals surface area contributed by atoms with E-state index in [2.05, 4.69) is 39.5 Å². The van der Waals surface area contributed by atoms with Crippen LogP contribution in [0.3, 0.4) is 0 Å². The summed E-state index contributed by atoms with van der Waals surface area (Å²) in [6.45, 7) is 3.59. The third-order valence-corrected chi connectivity index (χ3v) is 5.87. The lowest BCUT2D eigenvalue weighted by molar-refractivity contribution is -0.120. The molecule has 1 saturated heterocycles. The average Bonchev–Trinajstić information content (AvgIpc) is 2.79. The minimum absolute atomic E-state index is 0.0155. The number of benzene rings is 2. The molecule has 0 spiro atoms. The molecule has 3 aromatic rings. The van der Waals surface area contributed by atoms with Gasteiger partial charge < -0.3 is 15.0 Å². The number of aryl methyl sites for hydroxylation is 1. The Labute approximate surface area is 187 Å². The second-order valence-corrected chi connectivity index (χ2v) is 8.15. The smallest absolute Gasteiger partial charge is 0.227 e. The number of halogens is 1. The Morgan fingerprint density at radius 2 is 1.90 bits per heavy atom. The lowest BCUT2D eigenvalue weighted by Crippen LogP contribution is -2.38. The number of hydrogen-bond donors (Lipinski definition) is 1. The Balaban J connectivity index is 1.34. The molecule has 0 atom stereocenters. The number of anilines is 2. The number of amides is 1. The van der Waals surface area contributed by atoms with Gasteiger partial charge in [-0.25, -0.2) is 0 Å². The van der Waals surface area contributed by atoms with Gasteiger partial charge in [0, 0.05) is 30.3 Å². The van der Waals surface area contributed by atoms with Gasteiger partial charge in [-0.3, -0.25) is 4.79 Å². The van der Waals surface area contributed by atoms with E-state index in [1.165, 1.54) is 5.56 Å². The number of carbonyl (C=O) groups is 1. The summed E-state index contributed by atoms with van der Waals surface area (Å²) in [6, 6.07) is 17.5. The first-order valence-corrected chi connectivity index (χ1v) is 10.7. The Morgan fingerprint density at radius 1 is 1.10 bits per heavy atom. The zero-order chi connectivity index (χ0) is 21.8. The highest BCUT2D eigenvalue weighted by molar-refractivity contribution is 6.32. The molecular weight excluding hydrogens is 412 g/mol. The minimum atomic E-state index is -0.0448. The lowest BCUT2D eigenvalue weighted by Gasteiger charge is -2.31. The Hall–Kier alpha value is -3.12. The van der Waals surface area contributed by atoms with E-state index in [4.69, 9.17) is 16.3 Å². The van der Waals surface area contributed by atoms with E-state index in [-0.39, 0.29) is 11.8 Å². The molecule has 2 aromatic carbocycles. The molecule has 160 valence electrons. The van der Waals surface area contributed by atoms with Gasteiger partial charge >= 0.3 is 0 Å². The van der Waals surface area contributed by atoms with Crippen molar-refractivity contribution in [3.05, 3.63) is 65.2 Å². The number of rotatable bonds is 5. The predicted molar refractivity (Wildman–Crippen MR) is 124 cm³/mol. The van der Waals surface area contributed by atoms with E-state index in [1.807, 2.05) is 24.3 Å². The van der Waals surface area contributed by atoms with Crippen molar-refractivity contribution in [1.82, 2.24) is 10.2 Å². The largest absolute Gasteiger partial charge is 0.495 e. The van der Waals surface area contributed by atoms with E-state index < -0.39 is 0 Å². The van der Waals surface area contributed by atoms with E-state index in [0.29, 0.717) is 16.5 Å². The van der Waals surface area contributed by atoms with Crippen molar-refractivity contribution in [3.63, 3.8) is 0 Å². The van der Waals surface area contributed by atoms with E-state index in [9.17, 15) is 4.79 Å². The maximum Gasteiger partial charge on any atom is 0.227 e. The molecule has 6 nitrogen and oxygen atoms in total. The number of piperidine rings is 1. The van der Waals surface area contributed by atoms with Crippen LogP contribution in [0.15, 0.2) is 54.6 Å². The number of carbonyl (C=O) groups excluding carboxylic acids is 1. The van der Waals surface area contributed by atoms with Gasteiger partial charge in [-0.15, -0.1) is 10.2 Å². The second-order valence-electron chi connectivity index (χ2n) is 7.75. The molecule has 0 radical (unpaired) electrons. The van der Waals surface area contributed by atoms with Gasteiger partial charge in [0.05, 0.1) is 17.8 Å². The number of nitrogens with one attached hydrogen (secondary N) is 1. The molecule has 0 bridgehead atoms. The first-order chi connectivity index (χ1) is 15.0. The van der Waals surface area contributed by atoms with Crippen molar-refractivity contribution in [2.24, 2.45) is 5.92 Å². The number of ether oxygens (including phenoxy) is 1. The molecule has 1 aliphatic heterocycles. The summed E-state index contributed by atoms with van der Waals surface area (Å²) in [5.41, 5.74) is 3.80. The Morgan fingerprint density at radius 3 is 2.55 bits per heavy atom. The molecule has 1 fully saturated rings. The zero-order valence-electron chi connectivity index (χ0n) is 17.6. The van der Waals surface area contributed by atoms with Crippen molar-refractivity contribution < 1.29 is 9.53 Å². The molecule has 1 aliphatic rings. The molecule has 0 saturated carbocycles. The van der Waals surface area contributed by atoms with Crippen molar-refractivity contribution in [2.45, 2.75) is 19.8 Å². The maximum atomic E-state index is 12.7. The first kappa shape index (κ1) is 21.1. The van der Waals surface area contributed by atoms with E-state index >= 15 is 0 Å². The molecule has 4 rings (SSSR count). The van der Waals surface area contributed by atoms with Gasteiger partial charge in [-0.05, 0) is 56.2 Å². The van der Waals surface area contributed by atoms with Crippen LogP contribution in [0.1, 0.15) is 18.4 Å². The molecule has 31 heavy (non-hydrogen) atoms. The first-order valence-electron chi connectivity index (χ1n) is 10.3. The van der Waals surface area contributed by atoms with Gasteiger partial charge in [0.1, 0.15) is 5.75 Å². The summed E-state index contributed by atoms with van der Waals surface area (Å²) in [6.07, 6.45) is 1.52. The summed E-state index contributed by atoms with van der Waals surface area (Å²) >= 11 is 6.15. The number of nitrogens with zero attached hydrogens (tertiary/aromatic N) is 3. The normalized spacial score (nSPS) is 14.4. The van der Waals surface area contributed by atoms with Crippen LogP contribution < -0.4 is 15.0 Å². The fraction of sp³-hybridized carbons (Fsp3) is 0.292. The van der Waals surface area contributed by atoms with E-state index in [1.54, 1.807) is 25.3 Å². The highest BCUT2D eigenvalue weighted by Gasteiger charge is 2.26. The SMILES string of the molecule is COc1ccc(NC(=O)C2CCN(c3ccc(-c4cccc(C)c4)nn3)CC2)cc1Cl. The fourth-order valence-corrected chi connectivity index (χ4v) is 4.07. The molecule has 0 aliphatic carbocycles. The zero-order valence-corrected chi connectivity index (χ0v) is 18.4. The average molecular weight is 437 g/mol. The maximum absolute atomic E-state index is 12.7. The molecular formula is C24H25ClN4O2. The molecule has 1 N–H and O–H groups in total. The van der Waals surface area contributed by atoms with Gasteiger partial charge in [-0.1, -0.05) is 35.4 Å². The van der Waals surface area contributed by atoms with Crippen LogP contribution in [0.4, 0.5) is 11.5 Å². The van der Waals surface area contributed by atoms with Crippen molar-refractivity contribution in [2.75, 3.05) is 30.4 Å². The quantitative estimate of drug-likeness (QED) is 0.611. The molecule has 1 amide bonds. The van der Waals surface area contributed by atoms with Crippen LogP contribution >= 0.6 is 11.6 Å². The topological polar surface area (TPSA) is 67.3 Å². The van der Waals surface area contributed by atoms with Crippen LogP contribution in [0.5, 0.6) is 5.75 Å². The monoisotopic (exact) mass is 436 g/mol. The summed E-state index contributed by atoms with van der Waals surface area (Å²) in [7, 11) is 1.56. The molecule has 7 heteroatoms. The van der Waals surface area contributed by atoms with Gasteiger partial charge in [0.25, 0.3) is 0 Å². The van der Waals surface area contributed by atoms with Crippen LogP contribution in [0.25, 0.3) is 11.3 Å². The summed E-state index contributed by atoms with van der Waals surface area (Å²) < 4.78 is 5.15. The summed E-state index contributed by atoms with van der Waals surface area (Å²) in [5.74, 6) is 1.40. The molecule has 1 aromatic heterocycles. The Bertz CT molecular complexity index is 1060. The third-order valence-electron chi connectivity index (χ3n) is 5.57. The highest BCUT2D eigenvalue weighted by Crippen LogP contribution is 2.29. The second kappa shape index (κ2) is 9.35. The van der Waals surface area contributed by atoms with Crippen molar-refractivity contribution in [3.8, 4) is 17.0 Å². The van der Waals surface area contributed by atoms with Crippen molar-refractivity contribution in [1.29, 1.82) is 0 Å². The van der Waals surface area contributed by atoms with Gasteiger partial charge in [0.15, 0.2) is 5.82 Å². The third kappa shape index (κ3) is 4.97. The molecule has 2 heterocycles. The van der Waals surface area contributed by atoms with Gasteiger partial charge in [0.2, 0.25) is 5.91 Å². The van der Waals surface area contributed by atoms with Gasteiger partial charge in [-0.2, -0.15) is 0 Å². The predicted octanol–water partition coefficient (Wildman–Crippen LogP) is 4.97. The number of hydrogen-bond acceptors (Lipinski definition) is 5. The van der Waals surface area contributed by atoms with Crippen LogP contribution in [-0.4, -0.2) is 36.3 Å². The number of aromatic nitrogens is 2. The minimum Gasteiger partial charge on any atom is -0.495 e. The van der Waals surface area contributed by atoms with Crippen LogP contribution in [0.2, 0.25) is 5.02 Å². The fourth-order valence-electron chi connectivity index (χ4n) is 3.81. The number of methoxy groups -OCH3 is 1. The lowest BCUT2D eigenvalue weighted by atomic mass is 9.95. The highest BCUT2D eigenvalue weighted by atomic mass is 35.5. The summed E-state index contributed by atoms with van der Waals surface area (Å²) in [5, 5.41) is 12.3. The van der Waals surface area contributed by atoms with Crippen LogP contribution in [0, 0.1) is 12.8 Å². The Kier molecular flexibility index (Phi) is 6.37.